The Morgan fingerprint density at radius 1 is 0.966 bits per heavy atom. The molecule has 0 bridgehead atoms. The van der Waals surface area contributed by atoms with Crippen LogP contribution in [0.3, 0.4) is 0 Å². The molecule has 0 spiro atoms. The van der Waals surface area contributed by atoms with E-state index in [1.807, 2.05) is 43.3 Å². The first kappa shape index (κ1) is 21.7. The van der Waals surface area contributed by atoms with Crippen LogP contribution in [0.15, 0.2) is 60.7 Å². The maximum absolute atomic E-state index is 11.7. The molecule has 0 aromatic heterocycles. The van der Waals surface area contributed by atoms with Crippen molar-refractivity contribution in [2.45, 2.75) is 57.8 Å². The lowest BCUT2D eigenvalue weighted by Gasteiger charge is -2.48. The van der Waals surface area contributed by atoms with Gasteiger partial charge in [0, 0.05) is 5.92 Å². The molecule has 1 saturated carbocycles. The SMILES string of the molecule is C[C@@H]1[C@H](O)C[C@H](C(=O)O)C[C@@H]1O[Si](c1ccccc1)(c1ccccc1)C(C)(C)C. The second-order valence-corrected chi connectivity index (χ2v) is 13.5. The van der Waals surface area contributed by atoms with Crippen molar-refractivity contribution in [3.05, 3.63) is 60.7 Å². The molecule has 2 aromatic rings. The third kappa shape index (κ3) is 4.18. The van der Waals surface area contributed by atoms with Crippen molar-refractivity contribution in [3.63, 3.8) is 0 Å². The number of benzene rings is 2. The molecule has 4 atom stereocenters. The molecule has 0 unspecified atom stereocenters. The van der Waals surface area contributed by atoms with Gasteiger partial charge in [-0.3, -0.25) is 4.79 Å². The van der Waals surface area contributed by atoms with Gasteiger partial charge in [0.05, 0.1) is 18.1 Å². The van der Waals surface area contributed by atoms with Crippen molar-refractivity contribution < 1.29 is 19.4 Å². The Balaban J connectivity index is 2.14. The van der Waals surface area contributed by atoms with Crippen LogP contribution in [0.2, 0.25) is 5.04 Å². The number of aliphatic carboxylic acids is 1. The molecule has 0 amide bonds. The van der Waals surface area contributed by atoms with E-state index in [0.717, 1.165) is 10.4 Å². The van der Waals surface area contributed by atoms with Crippen LogP contribution in [-0.2, 0) is 9.22 Å². The molecular formula is C24H32O4Si. The molecule has 1 aliphatic carbocycles. The maximum atomic E-state index is 11.7. The number of rotatable bonds is 5. The summed E-state index contributed by atoms with van der Waals surface area (Å²) in [4.78, 5) is 11.7. The van der Waals surface area contributed by atoms with Gasteiger partial charge in [-0.1, -0.05) is 88.4 Å². The highest BCUT2D eigenvalue weighted by Gasteiger charge is 2.53. The Kier molecular flexibility index (Phi) is 6.32. The molecule has 29 heavy (non-hydrogen) atoms. The van der Waals surface area contributed by atoms with Crippen molar-refractivity contribution in [2.75, 3.05) is 0 Å². The Morgan fingerprint density at radius 2 is 1.45 bits per heavy atom. The zero-order valence-electron chi connectivity index (χ0n) is 17.7. The minimum atomic E-state index is -2.78. The van der Waals surface area contributed by atoms with Crippen LogP contribution in [0.1, 0.15) is 40.5 Å². The molecule has 1 aliphatic rings. The summed E-state index contributed by atoms with van der Waals surface area (Å²) in [7, 11) is -2.78. The van der Waals surface area contributed by atoms with Crippen LogP contribution in [0, 0.1) is 11.8 Å². The summed E-state index contributed by atoms with van der Waals surface area (Å²) >= 11 is 0. The third-order valence-corrected chi connectivity index (χ3v) is 11.4. The van der Waals surface area contributed by atoms with E-state index in [9.17, 15) is 15.0 Å². The van der Waals surface area contributed by atoms with Crippen molar-refractivity contribution >= 4 is 24.7 Å². The fourth-order valence-corrected chi connectivity index (χ4v) is 9.40. The first-order valence-corrected chi connectivity index (χ1v) is 12.3. The van der Waals surface area contributed by atoms with Gasteiger partial charge in [-0.2, -0.15) is 0 Å². The quantitative estimate of drug-likeness (QED) is 0.739. The lowest BCUT2D eigenvalue weighted by Crippen LogP contribution is -2.68. The van der Waals surface area contributed by atoms with Crippen molar-refractivity contribution in [2.24, 2.45) is 11.8 Å². The predicted molar refractivity (Wildman–Crippen MR) is 118 cm³/mol. The molecule has 2 aromatic carbocycles. The van der Waals surface area contributed by atoms with Gasteiger partial charge in [0.1, 0.15) is 0 Å². The highest BCUT2D eigenvalue weighted by atomic mass is 28.4. The Morgan fingerprint density at radius 3 is 1.86 bits per heavy atom. The molecule has 5 heteroatoms. The van der Waals surface area contributed by atoms with Crippen LogP contribution >= 0.6 is 0 Å². The lowest BCUT2D eigenvalue weighted by molar-refractivity contribution is -0.147. The number of aliphatic hydroxyl groups is 1. The van der Waals surface area contributed by atoms with Crippen molar-refractivity contribution in [1.82, 2.24) is 0 Å². The predicted octanol–water partition coefficient (Wildman–Crippen LogP) is 3.42. The van der Waals surface area contributed by atoms with E-state index in [4.69, 9.17) is 4.43 Å². The van der Waals surface area contributed by atoms with Crippen LogP contribution in [0.4, 0.5) is 0 Å². The van der Waals surface area contributed by atoms with Gasteiger partial charge in [0.25, 0.3) is 8.32 Å². The van der Waals surface area contributed by atoms with E-state index >= 15 is 0 Å². The average molecular weight is 413 g/mol. The van der Waals surface area contributed by atoms with Crippen molar-refractivity contribution in [3.8, 4) is 0 Å². The number of hydrogen-bond acceptors (Lipinski definition) is 3. The van der Waals surface area contributed by atoms with Gasteiger partial charge in [0.2, 0.25) is 0 Å². The molecular weight excluding hydrogens is 380 g/mol. The first-order valence-electron chi connectivity index (χ1n) is 10.4. The minimum Gasteiger partial charge on any atom is -0.481 e. The van der Waals surface area contributed by atoms with E-state index in [1.54, 1.807) is 0 Å². The third-order valence-electron chi connectivity index (χ3n) is 6.33. The van der Waals surface area contributed by atoms with Gasteiger partial charge >= 0.3 is 5.97 Å². The summed E-state index contributed by atoms with van der Waals surface area (Å²) in [5.41, 5.74) is 0. The number of carboxylic acid groups (broad SMARTS) is 1. The summed E-state index contributed by atoms with van der Waals surface area (Å²) < 4.78 is 7.09. The Labute approximate surface area is 174 Å². The van der Waals surface area contributed by atoms with Crippen molar-refractivity contribution in [1.29, 1.82) is 0 Å². The Hall–Kier alpha value is -1.95. The van der Waals surface area contributed by atoms with Crippen LogP contribution < -0.4 is 10.4 Å². The van der Waals surface area contributed by atoms with E-state index in [0.29, 0.717) is 6.42 Å². The highest BCUT2D eigenvalue weighted by Crippen LogP contribution is 2.41. The summed E-state index contributed by atoms with van der Waals surface area (Å²) in [5.74, 6) is -1.55. The van der Waals surface area contributed by atoms with Gasteiger partial charge in [-0.05, 0) is 28.3 Å². The molecule has 0 radical (unpaired) electrons. The fourth-order valence-electron chi connectivity index (χ4n) is 4.62. The zero-order valence-corrected chi connectivity index (χ0v) is 18.7. The normalized spacial score (nSPS) is 25.6. The maximum Gasteiger partial charge on any atom is 0.306 e. The topological polar surface area (TPSA) is 66.8 Å². The molecule has 1 fully saturated rings. The van der Waals surface area contributed by atoms with E-state index in [1.165, 1.54) is 0 Å². The minimum absolute atomic E-state index is 0.118. The number of aliphatic hydroxyl groups excluding tert-OH is 1. The van der Waals surface area contributed by atoms with Crippen LogP contribution in [0.25, 0.3) is 0 Å². The highest BCUT2D eigenvalue weighted by molar-refractivity contribution is 6.99. The number of carbonyl (C=O) groups is 1. The lowest BCUT2D eigenvalue weighted by atomic mass is 9.79. The second-order valence-electron chi connectivity index (χ2n) is 9.25. The van der Waals surface area contributed by atoms with Crippen LogP contribution in [0.5, 0.6) is 0 Å². The number of carboxylic acids is 1. The summed E-state index contributed by atoms with van der Waals surface area (Å²) in [6.45, 7) is 8.60. The molecule has 3 rings (SSSR count). The fraction of sp³-hybridized carbons (Fsp3) is 0.458. The van der Waals surface area contributed by atoms with Crippen LogP contribution in [-0.4, -0.2) is 36.7 Å². The standard InChI is InChI=1S/C24H32O4Si/c1-17-21(25)15-18(23(26)27)16-22(17)28-29(24(2,3)4,19-11-7-5-8-12-19)20-13-9-6-10-14-20/h5-14,17-18,21-22,25H,15-16H2,1-4H3,(H,26,27)/t17-,18+,21-,22+/m1/s1. The molecule has 156 valence electrons. The molecule has 0 saturated heterocycles. The summed E-state index contributed by atoms with van der Waals surface area (Å²) in [5, 5.41) is 22.3. The Bertz CT molecular complexity index is 776. The van der Waals surface area contributed by atoms with E-state index in [-0.39, 0.29) is 23.5 Å². The zero-order chi connectivity index (χ0) is 21.2. The van der Waals surface area contributed by atoms with Gasteiger partial charge in [-0.15, -0.1) is 0 Å². The molecule has 4 nitrogen and oxygen atoms in total. The average Bonchev–Trinajstić information content (AvgIpc) is 2.69. The second kappa shape index (κ2) is 8.42. The summed E-state index contributed by atoms with van der Waals surface area (Å²) in [6, 6.07) is 20.7. The first-order chi connectivity index (χ1) is 13.7. The van der Waals surface area contributed by atoms with E-state index < -0.39 is 26.3 Å². The molecule has 0 aliphatic heterocycles. The molecule has 2 N–H and O–H groups in total. The smallest absolute Gasteiger partial charge is 0.306 e. The summed E-state index contributed by atoms with van der Waals surface area (Å²) in [6.07, 6.45) is -0.269. The van der Waals surface area contributed by atoms with E-state index in [2.05, 4.69) is 45.0 Å². The largest absolute Gasteiger partial charge is 0.481 e. The molecule has 0 heterocycles. The van der Waals surface area contributed by atoms with Gasteiger partial charge < -0.3 is 14.6 Å². The van der Waals surface area contributed by atoms with Gasteiger partial charge in [-0.25, -0.2) is 0 Å². The van der Waals surface area contributed by atoms with Gasteiger partial charge in [0.15, 0.2) is 0 Å². The number of hydrogen-bond donors (Lipinski definition) is 2. The monoisotopic (exact) mass is 412 g/mol.